The molecule has 0 aliphatic rings. The van der Waals surface area contributed by atoms with Crippen molar-refractivity contribution in [3.8, 4) is 0 Å². The fraction of sp³-hybridized carbons (Fsp3) is 0.0833. The molecule has 0 fully saturated rings. The molecule has 0 amide bonds. The highest BCUT2D eigenvalue weighted by atomic mass is 35.5. The van der Waals surface area contributed by atoms with Gasteiger partial charge in [0.1, 0.15) is 4.90 Å². The van der Waals surface area contributed by atoms with E-state index in [1.54, 1.807) is 12.1 Å². The third kappa shape index (κ3) is 2.67. The van der Waals surface area contributed by atoms with Gasteiger partial charge < -0.3 is 5.73 Å². The number of anilines is 2. The Morgan fingerprint density at radius 1 is 1.15 bits per heavy atom. The number of sulfonamides is 1. The van der Waals surface area contributed by atoms with Gasteiger partial charge in [0.15, 0.2) is 0 Å². The van der Waals surface area contributed by atoms with E-state index in [0.29, 0.717) is 11.4 Å². The summed E-state index contributed by atoms with van der Waals surface area (Å²) in [4.78, 5) is 3.67. The molecule has 1 aromatic heterocycles. The quantitative estimate of drug-likeness (QED) is 0.877. The van der Waals surface area contributed by atoms with Gasteiger partial charge >= 0.3 is 0 Å². The van der Waals surface area contributed by atoms with Crippen molar-refractivity contribution in [3.63, 3.8) is 0 Å². The number of halogens is 2. The van der Waals surface area contributed by atoms with Gasteiger partial charge in [0.2, 0.25) is 0 Å². The maximum absolute atomic E-state index is 12.6. The van der Waals surface area contributed by atoms with E-state index in [1.807, 2.05) is 0 Å². The number of nitrogens with zero attached hydrogens (tertiary/aromatic N) is 2. The number of nitrogen functional groups attached to an aromatic ring is 1. The normalized spacial score (nSPS) is 11.3. The van der Waals surface area contributed by atoms with E-state index >= 15 is 0 Å². The molecule has 1 aromatic carbocycles. The second-order valence-electron chi connectivity index (χ2n) is 3.99. The van der Waals surface area contributed by atoms with E-state index in [9.17, 15) is 8.42 Å². The van der Waals surface area contributed by atoms with Crippen molar-refractivity contribution in [2.24, 2.45) is 0 Å². The third-order valence-corrected chi connectivity index (χ3v) is 5.37. The van der Waals surface area contributed by atoms with Gasteiger partial charge in [-0.2, -0.15) is 0 Å². The van der Waals surface area contributed by atoms with Crippen LogP contribution in [0.5, 0.6) is 0 Å². The lowest BCUT2D eigenvalue weighted by Gasteiger charge is -2.20. The SMILES string of the molecule is CN(c1ccncc1)S(=O)(=O)c1c(Cl)cc(N)cc1Cl. The summed E-state index contributed by atoms with van der Waals surface area (Å²) >= 11 is 11.9. The third-order valence-electron chi connectivity index (χ3n) is 2.67. The van der Waals surface area contributed by atoms with Crippen molar-refractivity contribution in [1.82, 2.24) is 4.98 Å². The van der Waals surface area contributed by atoms with Crippen LogP contribution >= 0.6 is 23.2 Å². The first-order chi connectivity index (χ1) is 9.34. The van der Waals surface area contributed by atoms with Crippen LogP contribution in [-0.4, -0.2) is 20.4 Å². The van der Waals surface area contributed by atoms with Crippen molar-refractivity contribution in [2.75, 3.05) is 17.1 Å². The molecule has 5 nitrogen and oxygen atoms in total. The first kappa shape index (κ1) is 14.9. The Labute approximate surface area is 127 Å². The van der Waals surface area contributed by atoms with Gasteiger partial charge in [-0.1, -0.05) is 23.2 Å². The minimum absolute atomic E-state index is 0.0177. The first-order valence-corrected chi connectivity index (χ1v) is 7.67. The highest BCUT2D eigenvalue weighted by Crippen LogP contribution is 2.34. The largest absolute Gasteiger partial charge is 0.399 e. The molecule has 1 heterocycles. The van der Waals surface area contributed by atoms with E-state index < -0.39 is 10.0 Å². The number of hydrogen-bond acceptors (Lipinski definition) is 4. The zero-order valence-electron chi connectivity index (χ0n) is 10.4. The van der Waals surface area contributed by atoms with Crippen LogP contribution in [0.2, 0.25) is 10.0 Å². The summed E-state index contributed by atoms with van der Waals surface area (Å²) in [6, 6.07) is 5.83. The molecule has 0 aliphatic heterocycles. The van der Waals surface area contributed by atoms with E-state index in [1.165, 1.54) is 31.6 Å². The Balaban J connectivity index is 2.57. The molecule has 0 unspecified atom stereocenters. The van der Waals surface area contributed by atoms with Crippen molar-refractivity contribution < 1.29 is 8.42 Å². The summed E-state index contributed by atoms with van der Waals surface area (Å²) in [5.41, 5.74) is 6.32. The van der Waals surface area contributed by atoms with Crippen LogP contribution in [0.25, 0.3) is 0 Å². The Morgan fingerprint density at radius 2 is 1.65 bits per heavy atom. The summed E-state index contributed by atoms with van der Waals surface area (Å²) in [7, 11) is -2.47. The number of nitrogens with two attached hydrogens (primary N) is 1. The lowest BCUT2D eigenvalue weighted by Crippen LogP contribution is -2.27. The molecule has 2 rings (SSSR count). The summed E-state index contributed by atoms with van der Waals surface area (Å²) in [6.45, 7) is 0. The zero-order chi connectivity index (χ0) is 14.9. The molecule has 0 saturated heterocycles. The Kier molecular flexibility index (Phi) is 4.08. The molecule has 2 N–H and O–H groups in total. The summed E-state index contributed by atoms with van der Waals surface area (Å²) in [5.74, 6) is 0. The zero-order valence-corrected chi connectivity index (χ0v) is 12.7. The molecule has 20 heavy (non-hydrogen) atoms. The van der Waals surface area contributed by atoms with Gasteiger partial charge in [0, 0.05) is 25.1 Å². The standard InChI is InChI=1S/C12H11Cl2N3O2S/c1-17(9-2-4-16-5-3-9)20(18,19)12-10(13)6-8(15)7-11(12)14/h2-7H,15H2,1H3. The number of hydrogen-bond donors (Lipinski definition) is 1. The first-order valence-electron chi connectivity index (χ1n) is 5.47. The average molecular weight is 332 g/mol. The highest BCUT2D eigenvalue weighted by Gasteiger charge is 2.27. The van der Waals surface area contributed by atoms with Gasteiger partial charge in [-0.15, -0.1) is 0 Å². The topological polar surface area (TPSA) is 76.3 Å². The predicted molar refractivity (Wildman–Crippen MR) is 80.7 cm³/mol. The number of rotatable bonds is 3. The van der Waals surface area contributed by atoms with Crippen LogP contribution in [0, 0.1) is 0 Å². The van der Waals surface area contributed by atoms with E-state index in [0.717, 1.165) is 4.31 Å². The molecular formula is C12H11Cl2N3O2S. The molecule has 8 heteroatoms. The van der Waals surface area contributed by atoms with Gasteiger partial charge in [-0.25, -0.2) is 8.42 Å². The lowest BCUT2D eigenvalue weighted by molar-refractivity contribution is 0.594. The van der Waals surface area contributed by atoms with Crippen LogP contribution in [0.1, 0.15) is 0 Å². The smallest absolute Gasteiger partial charge is 0.267 e. The summed E-state index contributed by atoms with van der Waals surface area (Å²) < 4.78 is 26.2. The van der Waals surface area contributed by atoms with Gasteiger partial charge in [0.05, 0.1) is 15.7 Å². The molecule has 2 aromatic rings. The molecule has 106 valence electrons. The van der Waals surface area contributed by atoms with E-state index in [4.69, 9.17) is 28.9 Å². The minimum atomic E-state index is -3.88. The van der Waals surface area contributed by atoms with Gasteiger partial charge in [0.25, 0.3) is 10.0 Å². The van der Waals surface area contributed by atoms with E-state index in [-0.39, 0.29) is 14.9 Å². The van der Waals surface area contributed by atoms with Crippen LogP contribution in [0.15, 0.2) is 41.6 Å². The number of pyridine rings is 1. The molecule has 0 radical (unpaired) electrons. The maximum atomic E-state index is 12.6. The Morgan fingerprint density at radius 3 is 2.15 bits per heavy atom. The maximum Gasteiger partial charge on any atom is 0.267 e. The molecular weight excluding hydrogens is 321 g/mol. The van der Waals surface area contributed by atoms with Crippen LogP contribution in [-0.2, 0) is 10.0 Å². The van der Waals surface area contributed by atoms with Crippen molar-refractivity contribution in [3.05, 3.63) is 46.7 Å². The van der Waals surface area contributed by atoms with Crippen molar-refractivity contribution in [2.45, 2.75) is 4.90 Å². The van der Waals surface area contributed by atoms with Crippen LogP contribution in [0.3, 0.4) is 0 Å². The van der Waals surface area contributed by atoms with Gasteiger partial charge in [-0.3, -0.25) is 9.29 Å². The molecule has 0 aliphatic carbocycles. The van der Waals surface area contributed by atoms with Gasteiger partial charge in [-0.05, 0) is 24.3 Å². The second-order valence-corrected chi connectivity index (χ2v) is 6.71. The predicted octanol–water partition coefficient (Wildman–Crippen LogP) is 2.80. The summed E-state index contributed by atoms with van der Waals surface area (Å²) in [6.07, 6.45) is 2.99. The molecule has 0 saturated carbocycles. The fourth-order valence-corrected chi connectivity index (χ4v) is 4.03. The molecule has 0 bridgehead atoms. The highest BCUT2D eigenvalue weighted by molar-refractivity contribution is 7.93. The average Bonchev–Trinajstić information content (AvgIpc) is 2.37. The number of benzene rings is 1. The minimum Gasteiger partial charge on any atom is -0.399 e. The monoisotopic (exact) mass is 331 g/mol. The van der Waals surface area contributed by atoms with Crippen LogP contribution < -0.4 is 10.0 Å². The van der Waals surface area contributed by atoms with Crippen LogP contribution in [0.4, 0.5) is 11.4 Å². The Hall–Kier alpha value is -1.50. The van der Waals surface area contributed by atoms with Crippen molar-refractivity contribution >= 4 is 44.6 Å². The lowest BCUT2D eigenvalue weighted by atomic mass is 10.3. The summed E-state index contributed by atoms with van der Waals surface area (Å²) in [5, 5.41) is -0.0354. The molecule has 0 atom stereocenters. The molecule has 0 spiro atoms. The fourth-order valence-electron chi connectivity index (χ4n) is 1.66. The van der Waals surface area contributed by atoms with E-state index in [2.05, 4.69) is 4.98 Å². The Bertz CT molecular complexity index is 713. The van der Waals surface area contributed by atoms with Crippen molar-refractivity contribution in [1.29, 1.82) is 0 Å². The number of aromatic nitrogens is 1. The second kappa shape index (κ2) is 5.47.